The van der Waals surface area contributed by atoms with E-state index in [-0.39, 0.29) is 0 Å². The summed E-state index contributed by atoms with van der Waals surface area (Å²) in [4.78, 5) is 11.0. The second-order valence-corrected chi connectivity index (χ2v) is 2.63. The highest BCUT2D eigenvalue weighted by molar-refractivity contribution is 5.85. The molecule has 0 bridgehead atoms. The molecule has 1 aliphatic heterocycles. The summed E-state index contributed by atoms with van der Waals surface area (Å²) in [6, 6.07) is -0.644. The van der Waals surface area contributed by atoms with Gasteiger partial charge in [-0.15, -0.1) is 0 Å². The van der Waals surface area contributed by atoms with Crippen LogP contribution < -0.4 is 5.43 Å². The van der Waals surface area contributed by atoms with Gasteiger partial charge in [0.05, 0.1) is 6.04 Å². The third-order valence-corrected chi connectivity index (χ3v) is 1.83. The molecule has 0 spiro atoms. The van der Waals surface area contributed by atoms with Crippen LogP contribution in [0.1, 0.15) is 13.8 Å². The van der Waals surface area contributed by atoms with Crippen molar-refractivity contribution in [1.82, 2.24) is 10.4 Å². The summed E-state index contributed by atoms with van der Waals surface area (Å²) in [5.74, 6) is -2.93. The maximum atomic E-state index is 11.0. The Bertz CT molecular complexity index is 181. The highest BCUT2D eigenvalue weighted by Gasteiger charge is 2.49. The number of hydrogen-bond donors (Lipinski definition) is 3. The van der Waals surface area contributed by atoms with E-state index in [0.29, 0.717) is 6.54 Å². The number of hydrogen-bond acceptors (Lipinski definition) is 4. The summed E-state index contributed by atoms with van der Waals surface area (Å²) in [5.41, 5.74) is 2.63. The van der Waals surface area contributed by atoms with E-state index >= 15 is 0 Å². The molecule has 0 aromatic carbocycles. The first kappa shape index (κ1) is 8.45. The number of nitrogens with one attached hydrogen (secondary N) is 1. The lowest BCUT2D eigenvalue weighted by atomic mass is 10.1. The first-order valence-corrected chi connectivity index (χ1v) is 3.53. The molecule has 0 aromatic heterocycles. The number of rotatable bonds is 1. The van der Waals surface area contributed by atoms with Gasteiger partial charge in [-0.1, -0.05) is 0 Å². The van der Waals surface area contributed by atoms with E-state index in [9.17, 15) is 4.79 Å². The molecule has 5 heteroatoms. The summed E-state index contributed by atoms with van der Waals surface area (Å²) in [6.45, 7) is 3.71. The minimum atomic E-state index is -2.24. The van der Waals surface area contributed by atoms with Crippen LogP contribution in [-0.4, -0.2) is 39.5 Å². The van der Waals surface area contributed by atoms with E-state index in [1.807, 2.05) is 0 Å². The molecule has 5 nitrogen and oxygen atoms in total. The second-order valence-electron chi connectivity index (χ2n) is 2.63. The molecule has 1 heterocycles. The van der Waals surface area contributed by atoms with Crippen LogP contribution in [0.4, 0.5) is 0 Å². The van der Waals surface area contributed by atoms with Crippen LogP contribution in [-0.2, 0) is 4.79 Å². The molecule has 0 aromatic rings. The van der Waals surface area contributed by atoms with Crippen molar-refractivity contribution in [2.24, 2.45) is 0 Å². The molecule has 0 aliphatic carbocycles. The highest BCUT2D eigenvalue weighted by atomic mass is 16.5. The van der Waals surface area contributed by atoms with Crippen LogP contribution >= 0.6 is 0 Å². The first-order chi connectivity index (χ1) is 5.00. The molecule has 64 valence electrons. The quantitative estimate of drug-likeness (QED) is 0.405. The Morgan fingerprint density at radius 1 is 1.73 bits per heavy atom. The summed E-state index contributed by atoms with van der Waals surface area (Å²) in [5, 5.41) is 19.5. The molecule has 1 unspecified atom stereocenters. The number of carbonyl (C=O) groups is 1. The first-order valence-electron chi connectivity index (χ1n) is 3.53. The molecule has 1 rings (SSSR count). The van der Waals surface area contributed by atoms with Crippen molar-refractivity contribution in [2.75, 3.05) is 6.54 Å². The van der Waals surface area contributed by atoms with Gasteiger partial charge in [0.25, 0.3) is 11.7 Å². The van der Waals surface area contributed by atoms with Gasteiger partial charge in [0.1, 0.15) is 0 Å². The molecule has 0 saturated carbocycles. The summed E-state index contributed by atoms with van der Waals surface area (Å²) in [7, 11) is 0. The smallest absolute Gasteiger partial charge is 0.298 e. The zero-order valence-electron chi connectivity index (χ0n) is 6.53. The predicted molar refractivity (Wildman–Crippen MR) is 37.2 cm³/mol. The van der Waals surface area contributed by atoms with E-state index in [0.717, 1.165) is 0 Å². The lowest BCUT2D eigenvalue weighted by Crippen LogP contribution is -2.44. The average molecular weight is 160 g/mol. The summed E-state index contributed by atoms with van der Waals surface area (Å²) in [6.07, 6.45) is 0. The lowest BCUT2D eigenvalue weighted by Gasteiger charge is -2.14. The van der Waals surface area contributed by atoms with E-state index in [2.05, 4.69) is 5.43 Å². The Hall–Kier alpha value is -0.650. The lowest BCUT2D eigenvalue weighted by molar-refractivity contribution is -0.184. The van der Waals surface area contributed by atoms with E-state index in [1.54, 1.807) is 6.92 Å². The Morgan fingerprint density at radius 3 is 2.45 bits per heavy atom. The van der Waals surface area contributed by atoms with Gasteiger partial charge >= 0.3 is 0 Å². The van der Waals surface area contributed by atoms with Gasteiger partial charge in [-0.3, -0.25) is 9.80 Å². The third-order valence-electron chi connectivity index (χ3n) is 1.83. The standard InChI is InChI=1S/C6H12N2O3/c1-3-8-5(9)6(10,11)4(2)7-8/h4,7,10-11H,3H2,1-2H3. The zero-order valence-corrected chi connectivity index (χ0v) is 6.53. The SMILES string of the molecule is CCN1NC(C)C(O)(O)C1=O. The van der Waals surface area contributed by atoms with Crippen molar-refractivity contribution < 1.29 is 15.0 Å². The number of amides is 1. The number of nitrogens with zero attached hydrogens (tertiary/aromatic N) is 1. The van der Waals surface area contributed by atoms with Gasteiger partial charge in [0.2, 0.25) is 0 Å². The Morgan fingerprint density at radius 2 is 2.27 bits per heavy atom. The predicted octanol–water partition coefficient (Wildman–Crippen LogP) is -1.58. The van der Waals surface area contributed by atoms with Crippen LogP contribution in [0.25, 0.3) is 0 Å². The molecule has 11 heavy (non-hydrogen) atoms. The van der Waals surface area contributed by atoms with Gasteiger partial charge in [-0.05, 0) is 13.8 Å². The third kappa shape index (κ3) is 1.11. The minimum Gasteiger partial charge on any atom is -0.357 e. The molecule has 1 saturated heterocycles. The van der Waals surface area contributed by atoms with E-state index < -0.39 is 17.7 Å². The van der Waals surface area contributed by atoms with Crippen molar-refractivity contribution in [3.05, 3.63) is 0 Å². The van der Waals surface area contributed by atoms with Crippen LogP contribution in [0.15, 0.2) is 0 Å². The van der Waals surface area contributed by atoms with Crippen molar-refractivity contribution >= 4 is 5.91 Å². The number of hydrazine groups is 1. The fraction of sp³-hybridized carbons (Fsp3) is 0.833. The Kier molecular flexibility index (Phi) is 1.87. The average Bonchev–Trinajstić information content (AvgIpc) is 2.14. The normalized spacial score (nSPS) is 29.6. The van der Waals surface area contributed by atoms with Gasteiger partial charge in [0.15, 0.2) is 0 Å². The molecule has 1 fully saturated rings. The molecular formula is C6H12N2O3. The molecule has 1 atom stereocenters. The molecule has 0 radical (unpaired) electrons. The van der Waals surface area contributed by atoms with Gasteiger partial charge in [-0.2, -0.15) is 0 Å². The monoisotopic (exact) mass is 160 g/mol. The number of aliphatic hydroxyl groups is 2. The van der Waals surface area contributed by atoms with Gasteiger partial charge < -0.3 is 10.2 Å². The Balaban J connectivity index is 2.80. The van der Waals surface area contributed by atoms with Crippen LogP contribution in [0, 0.1) is 0 Å². The number of likely N-dealkylation sites (N-methyl/N-ethyl adjacent to an activating group) is 1. The van der Waals surface area contributed by atoms with Crippen LogP contribution in [0.3, 0.4) is 0 Å². The van der Waals surface area contributed by atoms with E-state index in [4.69, 9.17) is 10.2 Å². The van der Waals surface area contributed by atoms with Gasteiger partial charge in [0, 0.05) is 6.54 Å². The summed E-state index contributed by atoms with van der Waals surface area (Å²) < 4.78 is 0. The fourth-order valence-electron chi connectivity index (χ4n) is 1.00. The van der Waals surface area contributed by atoms with Crippen LogP contribution in [0.2, 0.25) is 0 Å². The van der Waals surface area contributed by atoms with Crippen LogP contribution in [0.5, 0.6) is 0 Å². The minimum absolute atomic E-state index is 0.423. The fourth-order valence-corrected chi connectivity index (χ4v) is 1.00. The maximum absolute atomic E-state index is 11.0. The van der Waals surface area contributed by atoms with Crippen molar-refractivity contribution in [3.8, 4) is 0 Å². The molecule has 3 N–H and O–H groups in total. The summed E-state index contributed by atoms with van der Waals surface area (Å²) >= 11 is 0. The number of carbonyl (C=O) groups excluding carboxylic acids is 1. The molecular weight excluding hydrogens is 148 g/mol. The van der Waals surface area contributed by atoms with Crippen molar-refractivity contribution in [1.29, 1.82) is 0 Å². The molecule has 1 aliphatic rings. The highest BCUT2D eigenvalue weighted by Crippen LogP contribution is 2.16. The largest absolute Gasteiger partial charge is 0.357 e. The maximum Gasteiger partial charge on any atom is 0.298 e. The van der Waals surface area contributed by atoms with Crippen molar-refractivity contribution in [3.63, 3.8) is 0 Å². The van der Waals surface area contributed by atoms with Crippen molar-refractivity contribution in [2.45, 2.75) is 25.7 Å². The zero-order chi connectivity index (χ0) is 8.65. The topological polar surface area (TPSA) is 72.8 Å². The van der Waals surface area contributed by atoms with E-state index in [1.165, 1.54) is 11.9 Å². The van der Waals surface area contributed by atoms with Gasteiger partial charge in [-0.25, -0.2) is 5.43 Å². The molecule has 1 amide bonds. The Labute approximate surface area is 64.6 Å². The second kappa shape index (κ2) is 2.44.